The molecule has 164 valence electrons. The van der Waals surface area contributed by atoms with Crippen LogP contribution in [-0.2, 0) is 6.42 Å². The number of nitrogens with one attached hydrogen (secondary N) is 3. The van der Waals surface area contributed by atoms with E-state index in [0.29, 0.717) is 24.1 Å². The SMILES string of the molecule is COc1ccc(Nc2ccccc2C(=O)NC2CCCc3[nH]c(=O)c(C(N)=O)cc32)cc1. The zero-order chi connectivity index (χ0) is 22.7. The lowest BCUT2D eigenvalue weighted by Gasteiger charge is -2.26. The van der Waals surface area contributed by atoms with Crippen molar-refractivity contribution in [3.05, 3.63) is 87.3 Å². The van der Waals surface area contributed by atoms with Crippen LogP contribution < -0.4 is 26.7 Å². The second-order valence-electron chi connectivity index (χ2n) is 7.63. The van der Waals surface area contributed by atoms with Gasteiger partial charge in [-0.15, -0.1) is 0 Å². The molecule has 0 bridgehead atoms. The van der Waals surface area contributed by atoms with Crippen LogP contribution in [0.4, 0.5) is 11.4 Å². The maximum Gasteiger partial charge on any atom is 0.261 e. The van der Waals surface area contributed by atoms with E-state index in [1.807, 2.05) is 36.4 Å². The minimum atomic E-state index is -0.793. The summed E-state index contributed by atoms with van der Waals surface area (Å²) in [6, 6.07) is 15.8. The summed E-state index contributed by atoms with van der Waals surface area (Å²) >= 11 is 0. The Bertz CT molecular complexity index is 1220. The van der Waals surface area contributed by atoms with Gasteiger partial charge in [-0.3, -0.25) is 14.4 Å². The van der Waals surface area contributed by atoms with Crippen LogP contribution in [0.5, 0.6) is 5.75 Å². The highest BCUT2D eigenvalue weighted by atomic mass is 16.5. The number of hydrogen-bond acceptors (Lipinski definition) is 5. The van der Waals surface area contributed by atoms with Crippen molar-refractivity contribution in [1.29, 1.82) is 0 Å². The zero-order valence-electron chi connectivity index (χ0n) is 17.6. The normalized spacial score (nSPS) is 14.8. The number of para-hydroxylation sites is 1. The third-order valence-electron chi connectivity index (χ3n) is 5.56. The van der Waals surface area contributed by atoms with Gasteiger partial charge in [-0.1, -0.05) is 12.1 Å². The molecule has 4 rings (SSSR count). The largest absolute Gasteiger partial charge is 0.497 e. The summed E-state index contributed by atoms with van der Waals surface area (Å²) in [6.45, 7) is 0. The number of anilines is 2. The Hall–Kier alpha value is -4.07. The second kappa shape index (κ2) is 8.97. The van der Waals surface area contributed by atoms with Gasteiger partial charge in [0.15, 0.2) is 0 Å². The summed E-state index contributed by atoms with van der Waals surface area (Å²) in [6.07, 6.45) is 2.16. The Morgan fingerprint density at radius 1 is 1.09 bits per heavy atom. The van der Waals surface area contributed by atoms with Gasteiger partial charge in [0.2, 0.25) is 0 Å². The fourth-order valence-electron chi connectivity index (χ4n) is 3.93. The van der Waals surface area contributed by atoms with Crippen LogP contribution in [0.2, 0.25) is 0 Å². The lowest BCUT2D eigenvalue weighted by atomic mass is 9.90. The highest BCUT2D eigenvalue weighted by molar-refractivity contribution is 6.00. The van der Waals surface area contributed by atoms with Gasteiger partial charge >= 0.3 is 0 Å². The minimum Gasteiger partial charge on any atom is -0.497 e. The Balaban J connectivity index is 1.59. The first-order valence-corrected chi connectivity index (χ1v) is 10.3. The molecule has 8 heteroatoms. The van der Waals surface area contributed by atoms with Gasteiger partial charge in [0.1, 0.15) is 11.3 Å². The van der Waals surface area contributed by atoms with Gasteiger partial charge in [-0.05, 0) is 67.3 Å². The van der Waals surface area contributed by atoms with E-state index in [1.54, 1.807) is 19.2 Å². The third kappa shape index (κ3) is 4.34. The van der Waals surface area contributed by atoms with Crippen LogP contribution in [0, 0.1) is 0 Å². The molecule has 0 spiro atoms. The number of rotatable bonds is 6. The monoisotopic (exact) mass is 432 g/mol. The summed E-state index contributed by atoms with van der Waals surface area (Å²) in [4.78, 5) is 39.6. The van der Waals surface area contributed by atoms with Crippen LogP contribution in [0.15, 0.2) is 59.4 Å². The van der Waals surface area contributed by atoms with Crippen molar-refractivity contribution in [2.24, 2.45) is 5.73 Å². The number of H-pyrrole nitrogens is 1. The highest BCUT2D eigenvalue weighted by Crippen LogP contribution is 2.30. The number of nitrogens with two attached hydrogens (primary N) is 1. The molecule has 8 nitrogen and oxygen atoms in total. The number of carbonyl (C=O) groups excluding carboxylic acids is 2. The van der Waals surface area contributed by atoms with E-state index in [1.165, 1.54) is 6.07 Å². The van der Waals surface area contributed by atoms with Gasteiger partial charge in [-0.2, -0.15) is 0 Å². The number of aromatic amines is 1. The van der Waals surface area contributed by atoms with Gasteiger partial charge in [0.05, 0.1) is 24.4 Å². The molecule has 0 saturated heterocycles. The zero-order valence-corrected chi connectivity index (χ0v) is 17.6. The molecule has 0 aliphatic heterocycles. The molecule has 0 saturated carbocycles. The van der Waals surface area contributed by atoms with Crippen molar-refractivity contribution < 1.29 is 14.3 Å². The van der Waals surface area contributed by atoms with E-state index in [0.717, 1.165) is 29.1 Å². The fraction of sp³-hybridized carbons (Fsp3) is 0.208. The molecular formula is C24H24N4O4. The van der Waals surface area contributed by atoms with Crippen molar-refractivity contribution >= 4 is 23.2 Å². The number of aromatic nitrogens is 1. The van der Waals surface area contributed by atoms with Crippen molar-refractivity contribution in [3.8, 4) is 5.75 Å². The smallest absolute Gasteiger partial charge is 0.261 e. The van der Waals surface area contributed by atoms with Crippen molar-refractivity contribution in [2.75, 3.05) is 12.4 Å². The van der Waals surface area contributed by atoms with Gasteiger partial charge in [-0.25, -0.2) is 0 Å². The predicted octanol–water partition coefficient (Wildman–Crippen LogP) is 3.03. The first-order chi connectivity index (χ1) is 15.5. The maximum atomic E-state index is 13.2. The fourth-order valence-corrected chi connectivity index (χ4v) is 3.93. The minimum absolute atomic E-state index is 0.105. The first kappa shape index (κ1) is 21.2. The standard InChI is InChI=1S/C24H24N4O4/c1-32-15-11-9-14(10-12-15)26-19-6-3-2-5-16(19)23(30)27-20-7-4-8-21-17(20)13-18(22(25)29)24(31)28-21/h2-3,5-6,9-13,20,26H,4,7-8H2,1H3,(H2,25,29)(H,27,30)(H,28,31). The Labute approximate surface area is 184 Å². The number of benzene rings is 2. The van der Waals surface area contributed by atoms with Crippen molar-refractivity contribution in [3.63, 3.8) is 0 Å². The topological polar surface area (TPSA) is 126 Å². The molecule has 1 aliphatic rings. The maximum absolute atomic E-state index is 13.2. The van der Waals surface area contributed by atoms with Crippen LogP contribution in [0.3, 0.4) is 0 Å². The van der Waals surface area contributed by atoms with E-state index in [-0.39, 0.29) is 17.5 Å². The van der Waals surface area contributed by atoms with E-state index in [9.17, 15) is 14.4 Å². The molecule has 1 heterocycles. The summed E-state index contributed by atoms with van der Waals surface area (Å²) in [5.41, 5.74) is 8.13. The van der Waals surface area contributed by atoms with Crippen LogP contribution >= 0.6 is 0 Å². The average molecular weight is 432 g/mol. The van der Waals surface area contributed by atoms with E-state index in [2.05, 4.69) is 15.6 Å². The molecule has 2 aromatic carbocycles. The van der Waals surface area contributed by atoms with Crippen LogP contribution in [0.1, 0.15) is 50.9 Å². The second-order valence-corrected chi connectivity index (χ2v) is 7.63. The summed E-state index contributed by atoms with van der Waals surface area (Å²) in [7, 11) is 1.60. The quantitative estimate of drug-likeness (QED) is 0.476. The molecule has 3 aromatic rings. The number of primary amides is 1. The third-order valence-corrected chi connectivity index (χ3v) is 5.56. The van der Waals surface area contributed by atoms with E-state index >= 15 is 0 Å². The highest BCUT2D eigenvalue weighted by Gasteiger charge is 2.26. The van der Waals surface area contributed by atoms with Crippen LogP contribution in [0.25, 0.3) is 0 Å². The van der Waals surface area contributed by atoms with Crippen molar-refractivity contribution in [2.45, 2.75) is 25.3 Å². The Morgan fingerprint density at radius 2 is 1.84 bits per heavy atom. The summed E-state index contributed by atoms with van der Waals surface area (Å²) in [5, 5.41) is 6.32. The Kier molecular flexibility index (Phi) is 5.93. The summed E-state index contributed by atoms with van der Waals surface area (Å²) in [5.74, 6) is -0.309. The number of aryl methyl sites for hydroxylation is 1. The Morgan fingerprint density at radius 3 is 2.56 bits per heavy atom. The lowest BCUT2D eigenvalue weighted by molar-refractivity contribution is 0.0933. The molecular weight excluding hydrogens is 408 g/mol. The number of hydrogen-bond donors (Lipinski definition) is 4. The number of ether oxygens (including phenoxy) is 1. The van der Waals surface area contributed by atoms with Crippen LogP contribution in [-0.4, -0.2) is 23.9 Å². The molecule has 1 aromatic heterocycles. The first-order valence-electron chi connectivity index (χ1n) is 10.3. The molecule has 1 atom stereocenters. The lowest BCUT2D eigenvalue weighted by Crippen LogP contribution is -2.34. The number of amides is 2. The summed E-state index contributed by atoms with van der Waals surface area (Å²) < 4.78 is 5.18. The molecule has 0 fully saturated rings. The van der Waals surface area contributed by atoms with Crippen molar-refractivity contribution in [1.82, 2.24) is 10.3 Å². The molecule has 0 radical (unpaired) electrons. The van der Waals surface area contributed by atoms with E-state index in [4.69, 9.17) is 10.5 Å². The number of fused-ring (bicyclic) bond motifs is 1. The van der Waals surface area contributed by atoms with Gasteiger partial charge in [0.25, 0.3) is 17.4 Å². The van der Waals surface area contributed by atoms with Gasteiger partial charge < -0.3 is 26.1 Å². The molecule has 1 unspecified atom stereocenters. The van der Waals surface area contributed by atoms with Gasteiger partial charge in [0, 0.05) is 11.4 Å². The molecule has 1 aliphatic carbocycles. The number of methoxy groups -OCH3 is 1. The van der Waals surface area contributed by atoms with E-state index < -0.39 is 11.5 Å². The number of carbonyl (C=O) groups is 2. The molecule has 5 N–H and O–H groups in total. The molecule has 32 heavy (non-hydrogen) atoms. The molecule has 2 amide bonds. The number of pyridine rings is 1. The average Bonchev–Trinajstić information content (AvgIpc) is 2.79. The predicted molar refractivity (Wildman–Crippen MR) is 121 cm³/mol.